The summed E-state index contributed by atoms with van der Waals surface area (Å²) in [5.74, 6) is 0.239. The quantitative estimate of drug-likeness (QED) is 0.422. The van der Waals surface area contributed by atoms with Gasteiger partial charge in [0.25, 0.3) is 0 Å². The molecule has 0 amide bonds. The van der Waals surface area contributed by atoms with E-state index < -0.39 is 5.97 Å². The molecule has 4 rings (SSSR count). The Hall–Kier alpha value is -3.85. The lowest BCUT2D eigenvalue weighted by atomic mass is 10.1. The first kappa shape index (κ1) is 20.4. The highest BCUT2D eigenvalue weighted by Crippen LogP contribution is 2.18. The Balaban J connectivity index is 1.37. The van der Waals surface area contributed by atoms with Gasteiger partial charge in [-0.1, -0.05) is 17.3 Å². The van der Waals surface area contributed by atoms with E-state index >= 15 is 0 Å². The minimum absolute atomic E-state index is 0.283. The molecule has 2 aromatic carbocycles. The average Bonchev–Trinajstić information content (AvgIpc) is 3.43. The van der Waals surface area contributed by atoms with E-state index in [1.165, 1.54) is 19.2 Å². The molecule has 4 aromatic rings. The van der Waals surface area contributed by atoms with Crippen LogP contribution in [0, 0.1) is 5.82 Å². The van der Waals surface area contributed by atoms with Gasteiger partial charge in [-0.25, -0.2) is 13.9 Å². The second-order valence-electron chi connectivity index (χ2n) is 7.02. The monoisotopic (exact) mass is 421 g/mol. The summed E-state index contributed by atoms with van der Waals surface area (Å²) in [6.45, 7) is 1.07. The zero-order valence-corrected chi connectivity index (χ0v) is 17.0. The van der Waals surface area contributed by atoms with Crippen molar-refractivity contribution in [3.05, 3.63) is 83.8 Å². The molecule has 0 saturated carbocycles. The Kier molecular flexibility index (Phi) is 5.85. The number of rotatable bonds is 7. The SMILES string of the molecule is COC(=O)c1ccc(-c2noc(CN(C)Cc3cnn(-c4ccc(F)cc4)c3)n2)cc1. The lowest BCUT2D eigenvalue weighted by Gasteiger charge is -2.12. The van der Waals surface area contributed by atoms with E-state index in [2.05, 4.69) is 15.2 Å². The second-order valence-corrected chi connectivity index (χ2v) is 7.02. The van der Waals surface area contributed by atoms with E-state index in [1.54, 1.807) is 47.3 Å². The van der Waals surface area contributed by atoms with Crippen molar-refractivity contribution in [3.63, 3.8) is 0 Å². The van der Waals surface area contributed by atoms with Crippen LogP contribution in [0.2, 0.25) is 0 Å². The lowest BCUT2D eigenvalue weighted by Crippen LogP contribution is -2.17. The van der Waals surface area contributed by atoms with Gasteiger partial charge >= 0.3 is 5.97 Å². The van der Waals surface area contributed by atoms with E-state index in [-0.39, 0.29) is 5.82 Å². The maximum atomic E-state index is 13.1. The Morgan fingerprint density at radius 3 is 2.58 bits per heavy atom. The molecule has 31 heavy (non-hydrogen) atoms. The van der Waals surface area contributed by atoms with Gasteiger partial charge in [-0.15, -0.1) is 0 Å². The Morgan fingerprint density at radius 2 is 1.87 bits per heavy atom. The Bertz CT molecular complexity index is 1170. The van der Waals surface area contributed by atoms with Crippen LogP contribution in [0.5, 0.6) is 0 Å². The van der Waals surface area contributed by atoms with E-state index in [9.17, 15) is 9.18 Å². The fourth-order valence-electron chi connectivity index (χ4n) is 3.08. The molecule has 8 nitrogen and oxygen atoms in total. The van der Waals surface area contributed by atoms with E-state index in [1.807, 2.05) is 18.1 Å². The number of ether oxygens (including phenoxy) is 1. The first-order chi connectivity index (χ1) is 15.0. The van der Waals surface area contributed by atoms with Crippen LogP contribution in [-0.4, -0.2) is 44.9 Å². The van der Waals surface area contributed by atoms with Crippen LogP contribution in [0.1, 0.15) is 21.8 Å². The summed E-state index contributed by atoms with van der Waals surface area (Å²) in [5, 5.41) is 8.34. The molecular weight excluding hydrogens is 401 g/mol. The first-order valence-corrected chi connectivity index (χ1v) is 9.51. The highest BCUT2D eigenvalue weighted by molar-refractivity contribution is 5.89. The molecule has 0 bridgehead atoms. The van der Waals surface area contributed by atoms with Gasteiger partial charge in [-0.2, -0.15) is 10.1 Å². The van der Waals surface area contributed by atoms with Gasteiger partial charge in [-0.3, -0.25) is 4.90 Å². The second kappa shape index (κ2) is 8.88. The van der Waals surface area contributed by atoms with Gasteiger partial charge in [-0.05, 0) is 43.4 Å². The summed E-state index contributed by atoms with van der Waals surface area (Å²) < 4.78 is 24.8. The van der Waals surface area contributed by atoms with Gasteiger partial charge in [0, 0.05) is 23.9 Å². The van der Waals surface area contributed by atoms with Gasteiger partial charge in [0.1, 0.15) is 5.82 Å². The number of hydrogen-bond donors (Lipinski definition) is 0. The molecule has 0 aliphatic rings. The third-order valence-electron chi connectivity index (χ3n) is 4.62. The van der Waals surface area contributed by atoms with Crippen LogP contribution < -0.4 is 0 Å². The summed E-state index contributed by atoms with van der Waals surface area (Å²) in [6, 6.07) is 13.0. The van der Waals surface area contributed by atoms with Crippen LogP contribution in [0.15, 0.2) is 65.4 Å². The molecule has 2 aromatic heterocycles. The minimum Gasteiger partial charge on any atom is -0.465 e. The maximum absolute atomic E-state index is 13.1. The van der Waals surface area contributed by atoms with Crippen molar-refractivity contribution in [1.29, 1.82) is 0 Å². The fourth-order valence-corrected chi connectivity index (χ4v) is 3.08. The molecular formula is C22H20FN5O3. The first-order valence-electron chi connectivity index (χ1n) is 9.51. The number of benzene rings is 2. The summed E-state index contributed by atoms with van der Waals surface area (Å²) >= 11 is 0. The number of methoxy groups -OCH3 is 1. The van der Waals surface area contributed by atoms with Crippen LogP contribution in [0.4, 0.5) is 4.39 Å². The predicted molar refractivity (Wildman–Crippen MR) is 110 cm³/mol. The molecule has 2 heterocycles. The van der Waals surface area contributed by atoms with Crippen molar-refractivity contribution in [2.45, 2.75) is 13.1 Å². The van der Waals surface area contributed by atoms with Gasteiger partial charge in [0.2, 0.25) is 11.7 Å². The normalized spacial score (nSPS) is 11.1. The van der Waals surface area contributed by atoms with Crippen molar-refractivity contribution in [1.82, 2.24) is 24.8 Å². The van der Waals surface area contributed by atoms with Gasteiger partial charge in [0.15, 0.2) is 0 Å². The van der Waals surface area contributed by atoms with Crippen LogP contribution in [0.25, 0.3) is 17.1 Å². The molecule has 0 unspecified atom stereocenters. The van der Waals surface area contributed by atoms with E-state index in [4.69, 9.17) is 9.26 Å². The van der Waals surface area contributed by atoms with Crippen LogP contribution >= 0.6 is 0 Å². The van der Waals surface area contributed by atoms with Gasteiger partial charge < -0.3 is 9.26 Å². The molecule has 0 aliphatic carbocycles. The molecule has 0 radical (unpaired) electrons. The Morgan fingerprint density at radius 1 is 1.13 bits per heavy atom. The molecule has 9 heteroatoms. The minimum atomic E-state index is -0.398. The molecule has 158 valence electrons. The van der Waals surface area contributed by atoms with Crippen LogP contribution in [-0.2, 0) is 17.8 Å². The summed E-state index contributed by atoms with van der Waals surface area (Å²) in [6.07, 6.45) is 3.66. The number of carbonyl (C=O) groups excluding carboxylic acids is 1. The number of hydrogen-bond acceptors (Lipinski definition) is 7. The van der Waals surface area contributed by atoms with Crippen molar-refractivity contribution in [2.24, 2.45) is 0 Å². The third-order valence-corrected chi connectivity index (χ3v) is 4.62. The highest BCUT2D eigenvalue weighted by atomic mass is 19.1. The molecule has 0 atom stereocenters. The lowest BCUT2D eigenvalue weighted by molar-refractivity contribution is 0.0600. The smallest absolute Gasteiger partial charge is 0.337 e. The predicted octanol–water partition coefficient (Wildman–Crippen LogP) is 3.48. The molecule has 0 aliphatic heterocycles. The van der Waals surface area contributed by atoms with Crippen molar-refractivity contribution in [3.8, 4) is 17.1 Å². The topological polar surface area (TPSA) is 86.3 Å². The van der Waals surface area contributed by atoms with Crippen molar-refractivity contribution >= 4 is 5.97 Å². The van der Waals surface area contributed by atoms with Crippen molar-refractivity contribution in [2.75, 3.05) is 14.2 Å². The van der Waals surface area contributed by atoms with E-state index in [0.29, 0.717) is 30.4 Å². The molecule has 0 spiro atoms. The number of carbonyl (C=O) groups is 1. The number of esters is 1. The van der Waals surface area contributed by atoms with Crippen LogP contribution in [0.3, 0.4) is 0 Å². The zero-order chi connectivity index (χ0) is 21.8. The maximum Gasteiger partial charge on any atom is 0.337 e. The standard InChI is InChI=1S/C22H20FN5O3/c1-27(12-15-11-24-28(13-15)19-9-7-18(23)8-10-19)14-20-25-21(26-31-20)16-3-5-17(6-4-16)22(29)30-2/h3-11,13H,12,14H2,1-2H3. The van der Waals surface area contributed by atoms with Gasteiger partial charge in [0.05, 0.1) is 31.1 Å². The third kappa shape index (κ3) is 4.84. The number of halogens is 1. The summed E-state index contributed by atoms with van der Waals surface area (Å²) in [7, 11) is 3.27. The largest absolute Gasteiger partial charge is 0.465 e. The number of aromatic nitrogens is 4. The molecule has 0 fully saturated rings. The fraction of sp³-hybridized carbons (Fsp3) is 0.182. The Labute approximate surface area is 177 Å². The number of nitrogens with zero attached hydrogens (tertiary/aromatic N) is 5. The average molecular weight is 421 g/mol. The summed E-state index contributed by atoms with van der Waals surface area (Å²) in [4.78, 5) is 18.0. The zero-order valence-electron chi connectivity index (χ0n) is 17.0. The molecule has 0 N–H and O–H groups in total. The summed E-state index contributed by atoms with van der Waals surface area (Å²) in [5.41, 5.74) is 2.97. The van der Waals surface area contributed by atoms with Crippen molar-refractivity contribution < 1.29 is 18.4 Å². The van der Waals surface area contributed by atoms with E-state index in [0.717, 1.165) is 16.8 Å². The highest BCUT2D eigenvalue weighted by Gasteiger charge is 2.13. The molecule has 0 saturated heterocycles.